The number of halogens is 1. The summed E-state index contributed by atoms with van der Waals surface area (Å²) < 4.78 is 16.8. The molecule has 1 heterocycles. The zero-order chi connectivity index (χ0) is 23.2. The molecule has 3 aromatic rings. The molecule has 4 rings (SSSR count). The molecule has 0 spiro atoms. The van der Waals surface area contributed by atoms with E-state index in [1.807, 2.05) is 53.4 Å². The second-order valence-corrected chi connectivity index (χ2v) is 8.16. The zero-order valence-corrected chi connectivity index (χ0v) is 19.5. The van der Waals surface area contributed by atoms with Gasteiger partial charge in [0.15, 0.2) is 0 Å². The summed E-state index contributed by atoms with van der Waals surface area (Å²) in [5.74, 6) is 2.18. The molecular weight excluding hydrogens is 440 g/mol. The molecule has 0 bridgehead atoms. The number of ether oxygens (including phenoxy) is 3. The average Bonchev–Trinajstić information content (AvgIpc) is 2.87. The van der Waals surface area contributed by atoms with Crippen LogP contribution in [-0.4, -0.2) is 51.2 Å². The van der Waals surface area contributed by atoms with Gasteiger partial charge in [-0.2, -0.15) is 0 Å². The summed E-state index contributed by atoms with van der Waals surface area (Å²) in [5, 5.41) is 0.607. The fourth-order valence-corrected chi connectivity index (χ4v) is 4.15. The van der Waals surface area contributed by atoms with Gasteiger partial charge in [-0.25, -0.2) is 0 Å². The van der Waals surface area contributed by atoms with Gasteiger partial charge in [0, 0.05) is 42.3 Å². The first-order valence-electron chi connectivity index (χ1n) is 10.8. The number of amides is 1. The normalized spacial score (nSPS) is 13.5. The first-order chi connectivity index (χ1) is 16.1. The van der Waals surface area contributed by atoms with Gasteiger partial charge in [0.2, 0.25) is 0 Å². The van der Waals surface area contributed by atoms with Gasteiger partial charge in [-0.3, -0.25) is 4.79 Å². The first-order valence-corrected chi connectivity index (χ1v) is 11.2. The third kappa shape index (κ3) is 5.34. The Bertz CT molecular complexity index is 1110. The average molecular weight is 467 g/mol. The summed E-state index contributed by atoms with van der Waals surface area (Å²) in [4.78, 5) is 17.4. The molecule has 1 saturated heterocycles. The number of methoxy groups -OCH3 is 2. The summed E-state index contributed by atoms with van der Waals surface area (Å²) in [6.45, 7) is 3.03. The second-order valence-electron chi connectivity index (χ2n) is 7.72. The van der Waals surface area contributed by atoms with E-state index in [9.17, 15) is 4.79 Å². The predicted molar refractivity (Wildman–Crippen MR) is 130 cm³/mol. The Morgan fingerprint density at radius 1 is 0.879 bits per heavy atom. The minimum absolute atomic E-state index is 0.00124. The van der Waals surface area contributed by atoms with Crippen molar-refractivity contribution in [3.63, 3.8) is 0 Å². The van der Waals surface area contributed by atoms with E-state index in [-0.39, 0.29) is 12.5 Å². The second kappa shape index (κ2) is 10.5. The number of hydrogen-bond donors (Lipinski definition) is 0. The maximum absolute atomic E-state index is 13.2. The van der Waals surface area contributed by atoms with Gasteiger partial charge >= 0.3 is 0 Å². The number of benzene rings is 3. The molecule has 0 atom stereocenters. The molecule has 0 aromatic heterocycles. The summed E-state index contributed by atoms with van der Waals surface area (Å²) in [7, 11) is 3.28. The smallest absolute Gasteiger partial charge is 0.253 e. The van der Waals surface area contributed by atoms with Crippen LogP contribution in [-0.2, 0) is 6.61 Å². The lowest BCUT2D eigenvalue weighted by Gasteiger charge is -2.36. The number of para-hydroxylation sites is 2. The van der Waals surface area contributed by atoms with Crippen LogP contribution in [0.4, 0.5) is 5.69 Å². The SMILES string of the molecule is COc1ccc(C(=O)N2CCN(c3ccccc3OC)CC2)cc1COc1cccc(Cl)c1. The van der Waals surface area contributed by atoms with E-state index in [0.29, 0.717) is 35.2 Å². The maximum atomic E-state index is 13.2. The van der Waals surface area contributed by atoms with E-state index in [1.54, 1.807) is 32.4 Å². The van der Waals surface area contributed by atoms with E-state index in [1.165, 1.54) is 0 Å². The van der Waals surface area contributed by atoms with Crippen molar-refractivity contribution < 1.29 is 19.0 Å². The van der Waals surface area contributed by atoms with Crippen LogP contribution in [0.5, 0.6) is 17.2 Å². The molecular formula is C26H27ClN2O4. The van der Waals surface area contributed by atoms with Crippen molar-refractivity contribution in [2.24, 2.45) is 0 Å². The summed E-state index contributed by atoms with van der Waals surface area (Å²) in [6, 6.07) is 20.6. The Balaban J connectivity index is 1.43. The van der Waals surface area contributed by atoms with Crippen LogP contribution in [0, 0.1) is 0 Å². The van der Waals surface area contributed by atoms with Crippen molar-refractivity contribution >= 4 is 23.2 Å². The number of carbonyl (C=O) groups excluding carboxylic acids is 1. The fourth-order valence-electron chi connectivity index (χ4n) is 3.97. The molecule has 3 aromatic carbocycles. The van der Waals surface area contributed by atoms with Crippen LogP contribution in [0.3, 0.4) is 0 Å². The maximum Gasteiger partial charge on any atom is 0.253 e. The van der Waals surface area contributed by atoms with E-state index in [0.717, 1.165) is 30.1 Å². The van der Waals surface area contributed by atoms with Crippen molar-refractivity contribution in [3.05, 3.63) is 82.9 Å². The van der Waals surface area contributed by atoms with Crippen molar-refractivity contribution in [3.8, 4) is 17.2 Å². The van der Waals surface area contributed by atoms with Gasteiger partial charge in [0.05, 0.1) is 19.9 Å². The Morgan fingerprint density at radius 2 is 1.64 bits per heavy atom. The largest absolute Gasteiger partial charge is 0.496 e. The van der Waals surface area contributed by atoms with Crippen LogP contribution in [0.1, 0.15) is 15.9 Å². The minimum atomic E-state index is 0.00124. The molecule has 33 heavy (non-hydrogen) atoms. The van der Waals surface area contributed by atoms with Gasteiger partial charge in [0.1, 0.15) is 23.9 Å². The highest BCUT2D eigenvalue weighted by atomic mass is 35.5. The van der Waals surface area contributed by atoms with Gasteiger partial charge in [-0.15, -0.1) is 0 Å². The van der Waals surface area contributed by atoms with E-state index in [2.05, 4.69) is 4.90 Å². The van der Waals surface area contributed by atoms with Gasteiger partial charge < -0.3 is 24.0 Å². The quantitative estimate of drug-likeness (QED) is 0.495. The highest BCUT2D eigenvalue weighted by Gasteiger charge is 2.24. The molecule has 0 unspecified atom stereocenters. The molecule has 0 N–H and O–H groups in total. The third-order valence-electron chi connectivity index (χ3n) is 5.71. The summed E-state index contributed by atoms with van der Waals surface area (Å²) in [5.41, 5.74) is 2.47. The van der Waals surface area contributed by atoms with E-state index in [4.69, 9.17) is 25.8 Å². The molecule has 1 aliphatic heterocycles. The van der Waals surface area contributed by atoms with E-state index >= 15 is 0 Å². The summed E-state index contributed by atoms with van der Waals surface area (Å²) >= 11 is 6.04. The van der Waals surface area contributed by atoms with Crippen molar-refractivity contribution in [2.75, 3.05) is 45.3 Å². The highest BCUT2D eigenvalue weighted by Crippen LogP contribution is 2.29. The molecule has 7 heteroatoms. The molecule has 1 aliphatic rings. The molecule has 0 aliphatic carbocycles. The Morgan fingerprint density at radius 3 is 2.36 bits per heavy atom. The number of hydrogen-bond acceptors (Lipinski definition) is 5. The van der Waals surface area contributed by atoms with Crippen LogP contribution >= 0.6 is 11.6 Å². The molecule has 1 fully saturated rings. The number of carbonyl (C=O) groups is 1. The number of piperazine rings is 1. The van der Waals surface area contributed by atoms with Crippen LogP contribution in [0.15, 0.2) is 66.7 Å². The van der Waals surface area contributed by atoms with Crippen LogP contribution < -0.4 is 19.1 Å². The standard InChI is InChI=1S/C26H27ClN2O4/c1-31-24-11-10-19(16-20(24)18-33-22-7-5-6-21(27)17-22)26(30)29-14-12-28(13-15-29)23-8-3-4-9-25(23)32-2/h3-11,16-17H,12-15,18H2,1-2H3. The van der Waals surface area contributed by atoms with E-state index < -0.39 is 0 Å². The molecule has 172 valence electrons. The van der Waals surface area contributed by atoms with Crippen molar-refractivity contribution in [2.45, 2.75) is 6.61 Å². The Hall–Kier alpha value is -3.38. The fraction of sp³-hybridized carbons (Fsp3) is 0.269. The van der Waals surface area contributed by atoms with Gasteiger partial charge in [-0.05, 0) is 48.5 Å². The molecule has 6 nitrogen and oxygen atoms in total. The summed E-state index contributed by atoms with van der Waals surface area (Å²) in [6.07, 6.45) is 0. The lowest BCUT2D eigenvalue weighted by atomic mass is 10.1. The lowest BCUT2D eigenvalue weighted by Crippen LogP contribution is -2.48. The van der Waals surface area contributed by atoms with Gasteiger partial charge in [-0.1, -0.05) is 29.8 Å². The van der Waals surface area contributed by atoms with Crippen molar-refractivity contribution in [1.29, 1.82) is 0 Å². The number of rotatable bonds is 7. The monoisotopic (exact) mass is 466 g/mol. The number of anilines is 1. The Labute approximate surface area is 199 Å². The van der Waals surface area contributed by atoms with Crippen LogP contribution in [0.25, 0.3) is 0 Å². The van der Waals surface area contributed by atoms with Crippen LogP contribution in [0.2, 0.25) is 5.02 Å². The highest BCUT2D eigenvalue weighted by molar-refractivity contribution is 6.30. The molecule has 0 radical (unpaired) electrons. The lowest BCUT2D eigenvalue weighted by molar-refractivity contribution is 0.0746. The third-order valence-corrected chi connectivity index (χ3v) is 5.95. The first kappa shape index (κ1) is 22.8. The van der Waals surface area contributed by atoms with Crippen molar-refractivity contribution in [1.82, 2.24) is 4.90 Å². The predicted octanol–water partition coefficient (Wildman–Crippen LogP) is 4.90. The zero-order valence-electron chi connectivity index (χ0n) is 18.8. The number of nitrogens with zero attached hydrogens (tertiary/aromatic N) is 2. The molecule has 0 saturated carbocycles. The topological polar surface area (TPSA) is 51.2 Å². The van der Waals surface area contributed by atoms with Gasteiger partial charge in [0.25, 0.3) is 5.91 Å². The molecule has 1 amide bonds. The minimum Gasteiger partial charge on any atom is -0.496 e. The Kier molecular flexibility index (Phi) is 7.25.